The van der Waals surface area contributed by atoms with Gasteiger partial charge in [0.15, 0.2) is 0 Å². The first kappa shape index (κ1) is 12.9. The molecule has 1 amide bonds. The maximum absolute atomic E-state index is 12.1. The van der Waals surface area contributed by atoms with Crippen molar-refractivity contribution >= 4 is 11.6 Å². The third kappa shape index (κ3) is 3.47. The summed E-state index contributed by atoms with van der Waals surface area (Å²) in [7, 11) is 1.62. The average Bonchev–Trinajstić information content (AvgIpc) is 3.19. The fourth-order valence-corrected chi connectivity index (χ4v) is 1.96. The minimum Gasteiger partial charge on any atom is -0.399 e. The third-order valence-corrected chi connectivity index (χ3v) is 3.16. The van der Waals surface area contributed by atoms with E-state index in [2.05, 4.69) is 0 Å². The van der Waals surface area contributed by atoms with E-state index in [-0.39, 0.29) is 5.91 Å². The molecule has 18 heavy (non-hydrogen) atoms. The number of carbonyl (C=O) groups is 1. The van der Waals surface area contributed by atoms with Crippen molar-refractivity contribution in [3.05, 3.63) is 29.8 Å². The number of ether oxygens (including phenoxy) is 1. The predicted octanol–water partition coefficient (Wildman–Crippen LogP) is 1.80. The van der Waals surface area contributed by atoms with E-state index in [1.165, 1.54) is 0 Å². The van der Waals surface area contributed by atoms with Crippen LogP contribution in [0.1, 0.15) is 24.8 Å². The number of hydrogen-bond acceptors (Lipinski definition) is 3. The molecule has 1 saturated carbocycles. The molecule has 1 aromatic carbocycles. The number of nitrogens with two attached hydrogens (primary N) is 1. The Bertz CT molecular complexity index is 399. The first-order chi connectivity index (χ1) is 8.70. The number of amides is 1. The first-order valence-corrected chi connectivity index (χ1v) is 6.33. The summed E-state index contributed by atoms with van der Waals surface area (Å²) in [4.78, 5) is 14.0. The number of anilines is 1. The highest BCUT2D eigenvalue weighted by Gasteiger charge is 2.32. The molecule has 2 rings (SSSR count). The Morgan fingerprint density at radius 2 is 2.06 bits per heavy atom. The van der Waals surface area contributed by atoms with Gasteiger partial charge in [0.05, 0.1) is 13.0 Å². The summed E-state index contributed by atoms with van der Waals surface area (Å²) in [5, 5.41) is 0. The lowest BCUT2D eigenvalue weighted by Crippen LogP contribution is -2.33. The Hall–Kier alpha value is -1.55. The number of methoxy groups -OCH3 is 1. The van der Waals surface area contributed by atoms with Gasteiger partial charge in [-0.1, -0.05) is 12.1 Å². The van der Waals surface area contributed by atoms with Crippen LogP contribution in [0, 0.1) is 0 Å². The highest BCUT2D eigenvalue weighted by molar-refractivity contribution is 5.77. The lowest BCUT2D eigenvalue weighted by atomic mass is 10.2. The molecule has 1 aromatic rings. The topological polar surface area (TPSA) is 55.6 Å². The molecular formula is C14H20N2O2. The zero-order valence-corrected chi connectivity index (χ0v) is 10.8. The largest absolute Gasteiger partial charge is 0.399 e. The second kappa shape index (κ2) is 5.87. The molecule has 4 nitrogen and oxygen atoms in total. The van der Waals surface area contributed by atoms with Crippen LogP contribution in [0.3, 0.4) is 0 Å². The van der Waals surface area contributed by atoms with Crippen LogP contribution in [0.4, 0.5) is 5.69 Å². The highest BCUT2D eigenvalue weighted by atomic mass is 16.5. The molecule has 0 aliphatic heterocycles. The van der Waals surface area contributed by atoms with Gasteiger partial charge in [-0.25, -0.2) is 0 Å². The van der Waals surface area contributed by atoms with Crippen molar-refractivity contribution in [2.45, 2.75) is 31.8 Å². The summed E-state index contributed by atoms with van der Waals surface area (Å²) >= 11 is 0. The molecule has 0 radical (unpaired) electrons. The Morgan fingerprint density at radius 3 is 2.61 bits per heavy atom. The maximum Gasteiger partial charge on any atom is 0.225 e. The van der Waals surface area contributed by atoms with Crippen LogP contribution < -0.4 is 5.73 Å². The average molecular weight is 248 g/mol. The number of benzene rings is 1. The van der Waals surface area contributed by atoms with Gasteiger partial charge in [0.2, 0.25) is 5.91 Å². The van der Waals surface area contributed by atoms with Gasteiger partial charge in [0.25, 0.3) is 0 Å². The van der Waals surface area contributed by atoms with Gasteiger partial charge < -0.3 is 15.4 Å². The van der Waals surface area contributed by atoms with E-state index in [0.29, 0.717) is 25.6 Å². The van der Waals surface area contributed by atoms with E-state index in [1.807, 2.05) is 29.2 Å². The molecule has 0 heterocycles. The number of nitrogen functional groups attached to an aromatic ring is 1. The molecule has 2 N–H and O–H groups in total. The summed E-state index contributed by atoms with van der Waals surface area (Å²) in [6.07, 6.45) is 2.70. The normalized spacial score (nSPS) is 14.5. The summed E-state index contributed by atoms with van der Waals surface area (Å²) in [6.45, 7) is 1.16. The van der Waals surface area contributed by atoms with Gasteiger partial charge in [0, 0.05) is 25.4 Å². The molecule has 4 heteroatoms. The summed E-state index contributed by atoms with van der Waals surface area (Å²) in [5.41, 5.74) is 7.54. The lowest BCUT2D eigenvalue weighted by molar-refractivity contribution is -0.133. The molecule has 0 aromatic heterocycles. The molecule has 0 unspecified atom stereocenters. The Morgan fingerprint density at radius 1 is 1.39 bits per heavy atom. The van der Waals surface area contributed by atoms with E-state index in [4.69, 9.17) is 10.5 Å². The van der Waals surface area contributed by atoms with Gasteiger partial charge in [-0.15, -0.1) is 0 Å². The molecule has 1 aliphatic carbocycles. The molecule has 98 valence electrons. The van der Waals surface area contributed by atoms with Gasteiger partial charge in [-0.05, 0) is 30.5 Å². The fraction of sp³-hybridized carbons (Fsp3) is 0.500. The van der Waals surface area contributed by atoms with Crippen LogP contribution in [0.5, 0.6) is 0 Å². The van der Waals surface area contributed by atoms with Crippen LogP contribution in [0.2, 0.25) is 0 Å². The van der Waals surface area contributed by atoms with Gasteiger partial charge in [-0.2, -0.15) is 0 Å². The SMILES string of the molecule is COCCC(=O)N(Cc1ccc(N)cc1)C1CC1. The quantitative estimate of drug-likeness (QED) is 0.781. The van der Waals surface area contributed by atoms with Gasteiger partial charge in [0.1, 0.15) is 0 Å². The minimum absolute atomic E-state index is 0.177. The second-order valence-electron chi connectivity index (χ2n) is 4.74. The van der Waals surface area contributed by atoms with Crippen molar-refractivity contribution in [3.8, 4) is 0 Å². The molecule has 0 bridgehead atoms. The first-order valence-electron chi connectivity index (χ1n) is 6.33. The predicted molar refractivity (Wildman–Crippen MR) is 70.9 cm³/mol. The van der Waals surface area contributed by atoms with Crippen LogP contribution >= 0.6 is 0 Å². The molecule has 1 aliphatic rings. The lowest BCUT2D eigenvalue weighted by Gasteiger charge is -2.22. The number of carbonyl (C=O) groups excluding carboxylic acids is 1. The summed E-state index contributed by atoms with van der Waals surface area (Å²) < 4.78 is 4.96. The van der Waals surface area contributed by atoms with E-state index in [1.54, 1.807) is 7.11 Å². The Labute approximate surface area is 108 Å². The Balaban J connectivity index is 1.97. The van der Waals surface area contributed by atoms with Crippen molar-refractivity contribution < 1.29 is 9.53 Å². The molecular weight excluding hydrogens is 228 g/mol. The van der Waals surface area contributed by atoms with Crippen LogP contribution in [-0.4, -0.2) is 30.6 Å². The summed E-state index contributed by atoms with van der Waals surface area (Å²) in [6, 6.07) is 8.13. The third-order valence-electron chi connectivity index (χ3n) is 3.16. The monoisotopic (exact) mass is 248 g/mol. The zero-order chi connectivity index (χ0) is 13.0. The highest BCUT2D eigenvalue weighted by Crippen LogP contribution is 2.29. The van der Waals surface area contributed by atoms with E-state index in [0.717, 1.165) is 24.1 Å². The van der Waals surface area contributed by atoms with E-state index >= 15 is 0 Å². The number of hydrogen-bond donors (Lipinski definition) is 1. The second-order valence-corrected chi connectivity index (χ2v) is 4.74. The fourth-order valence-electron chi connectivity index (χ4n) is 1.96. The molecule has 0 saturated heterocycles. The van der Waals surface area contributed by atoms with Crippen molar-refractivity contribution in [1.29, 1.82) is 0 Å². The van der Waals surface area contributed by atoms with Crippen molar-refractivity contribution in [1.82, 2.24) is 4.90 Å². The Kier molecular flexibility index (Phi) is 4.20. The van der Waals surface area contributed by atoms with Crippen LogP contribution in [-0.2, 0) is 16.1 Å². The number of rotatable bonds is 6. The van der Waals surface area contributed by atoms with E-state index < -0.39 is 0 Å². The van der Waals surface area contributed by atoms with Crippen molar-refractivity contribution in [2.24, 2.45) is 0 Å². The standard InChI is InChI=1S/C14H20N2O2/c1-18-9-8-14(17)16(13-6-7-13)10-11-2-4-12(15)5-3-11/h2-5,13H,6-10,15H2,1H3. The van der Waals surface area contributed by atoms with Gasteiger partial charge >= 0.3 is 0 Å². The number of nitrogens with zero attached hydrogens (tertiary/aromatic N) is 1. The minimum atomic E-state index is 0.177. The van der Waals surface area contributed by atoms with Crippen LogP contribution in [0.15, 0.2) is 24.3 Å². The summed E-state index contributed by atoms with van der Waals surface area (Å²) in [5.74, 6) is 0.177. The maximum atomic E-state index is 12.1. The zero-order valence-electron chi connectivity index (χ0n) is 10.8. The van der Waals surface area contributed by atoms with Gasteiger partial charge in [-0.3, -0.25) is 4.79 Å². The molecule has 1 fully saturated rings. The molecule has 0 atom stereocenters. The molecule has 0 spiro atoms. The smallest absolute Gasteiger partial charge is 0.225 e. The van der Waals surface area contributed by atoms with Crippen molar-refractivity contribution in [2.75, 3.05) is 19.5 Å². The van der Waals surface area contributed by atoms with Crippen LogP contribution in [0.25, 0.3) is 0 Å². The van der Waals surface area contributed by atoms with Crippen molar-refractivity contribution in [3.63, 3.8) is 0 Å². The van der Waals surface area contributed by atoms with E-state index in [9.17, 15) is 4.79 Å².